The molecule has 4 nitrogen and oxygen atoms in total. The van der Waals surface area contributed by atoms with Gasteiger partial charge >= 0.3 is 5.97 Å². The van der Waals surface area contributed by atoms with Crippen LogP contribution >= 0.6 is 0 Å². The van der Waals surface area contributed by atoms with Crippen LogP contribution < -0.4 is 0 Å². The number of hydrogen-bond acceptors (Lipinski definition) is 4. The summed E-state index contributed by atoms with van der Waals surface area (Å²) in [6, 6.07) is 8.44. The molecule has 0 bridgehead atoms. The van der Waals surface area contributed by atoms with Crippen molar-refractivity contribution in [1.82, 2.24) is 0 Å². The minimum atomic E-state index is -0.385. The lowest BCUT2D eigenvalue weighted by molar-refractivity contribution is -0.137. The van der Waals surface area contributed by atoms with E-state index >= 15 is 0 Å². The smallest absolute Gasteiger partial charge is 0.331 e. The van der Waals surface area contributed by atoms with E-state index in [1.54, 1.807) is 12.5 Å². The van der Waals surface area contributed by atoms with E-state index in [2.05, 4.69) is 30.9 Å². The Morgan fingerprint density at radius 1 is 1.14 bits per heavy atom. The monoisotopic (exact) mass is 500 g/mol. The first-order valence-corrected chi connectivity index (χ1v) is 14.0. The van der Waals surface area contributed by atoms with E-state index in [4.69, 9.17) is 4.74 Å². The van der Waals surface area contributed by atoms with Crippen molar-refractivity contribution in [3.63, 3.8) is 0 Å². The molecule has 5 unspecified atom stereocenters. The Balaban J connectivity index is 0.00000156. The second-order valence-corrected chi connectivity index (χ2v) is 10.7. The summed E-state index contributed by atoms with van der Waals surface area (Å²) < 4.78 is 4.87. The van der Waals surface area contributed by atoms with Gasteiger partial charge in [0.1, 0.15) is 0 Å². The van der Waals surface area contributed by atoms with Gasteiger partial charge in [0.25, 0.3) is 0 Å². The molecule has 0 spiro atoms. The van der Waals surface area contributed by atoms with Crippen molar-refractivity contribution in [2.45, 2.75) is 84.7 Å². The first kappa shape index (κ1) is 27.1. The highest BCUT2D eigenvalue weighted by Crippen LogP contribution is 2.63. The number of ketones is 1. The van der Waals surface area contributed by atoms with Crippen LogP contribution in [-0.4, -0.2) is 29.6 Å². The standard InChI is InChI=1S/C31H34O4.C2H6/c1-3-35-29(34)7-5-4-6-20-8-10-21(11-9-20)26-19-31(2)27(16-17-28(31)33)25-14-12-22-18-23(32)13-15-24(22)30(25)26;1-2/h5,7-11,18,25-28,33H,3,12-17,19H2,1-2H3;1-2H3/b7-5+;. The Labute approximate surface area is 221 Å². The fourth-order valence-electron chi connectivity index (χ4n) is 7.16. The molecule has 1 aromatic carbocycles. The van der Waals surface area contributed by atoms with Gasteiger partial charge in [0.2, 0.25) is 0 Å². The zero-order valence-electron chi connectivity index (χ0n) is 22.7. The van der Waals surface area contributed by atoms with Gasteiger partial charge in [-0.2, -0.15) is 0 Å². The van der Waals surface area contributed by atoms with Gasteiger partial charge in [-0.3, -0.25) is 4.79 Å². The fourth-order valence-corrected chi connectivity index (χ4v) is 7.16. The number of aliphatic hydroxyl groups is 1. The minimum Gasteiger partial charge on any atom is -0.463 e. The molecule has 0 aromatic heterocycles. The number of hydrogen-bond donors (Lipinski definition) is 1. The van der Waals surface area contributed by atoms with E-state index < -0.39 is 0 Å². The summed E-state index contributed by atoms with van der Waals surface area (Å²) in [5, 5.41) is 11.0. The number of esters is 1. The van der Waals surface area contributed by atoms with Crippen molar-refractivity contribution < 1.29 is 19.4 Å². The second kappa shape index (κ2) is 11.7. The Morgan fingerprint density at radius 3 is 2.62 bits per heavy atom. The number of allylic oxidation sites excluding steroid dienone is 5. The van der Waals surface area contributed by atoms with Crippen LogP contribution in [0.5, 0.6) is 0 Å². The number of carbonyl (C=O) groups excluding carboxylic acids is 2. The summed E-state index contributed by atoms with van der Waals surface area (Å²) in [5.41, 5.74) is 6.33. The van der Waals surface area contributed by atoms with Crippen LogP contribution in [0.2, 0.25) is 0 Å². The zero-order valence-corrected chi connectivity index (χ0v) is 22.7. The van der Waals surface area contributed by atoms with E-state index in [0.29, 0.717) is 24.9 Å². The van der Waals surface area contributed by atoms with Gasteiger partial charge in [-0.25, -0.2) is 4.79 Å². The average molecular weight is 501 g/mol. The van der Waals surface area contributed by atoms with E-state index in [9.17, 15) is 14.7 Å². The molecule has 0 aliphatic heterocycles. The van der Waals surface area contributed by atoms with Gasteiger partial charge in [-0.1, -0.05) is 50.3 Å². The van der Waals surface area contributed by atoms with Crippen LogP contribution in [-0.2, 0) is 14.3 Å². The predicted octanol–water partition coefficient (Wildman–Crippen LogP) is 6.44. The largest absolute Gasteiger partial charge is 0.463 e. The summed E-state index contributed by atoms with van der Waals surface area (Å²) in [7, 11) is 0. The maximum absolute atomic E-state index is 12.1. The van der Waals surface area contributed by atoms with Crippen LogP contribution in [0.1, 0.15) is 89.7 Å². The number of aliphatic hydroxyl groups excluding tert-OH is 1. The van der Waals surface area contributed by atoms with Crippen molar-refractivity contribution in [2.24, 2.45) is 17.3 Å². The molecule has 0 amide bonds. The van der Waals surface area contributed by atoms with Crippen molar-refractivity contribution in [1.29, 1.82) is 0 Å². The van der Waals surface area contributed by atoms with Gasteiger partial charge in [-0.05, 0) is 104 Å². The minimum absolute atomic E-state index is 0.0680. The van der Waals surface area contributed by atoms with Crippen LogP contribution in [0.4, 0.5) is 0 Å². The molecule has 5 rings (SSSR count). The maximum atomic E-state index is 12.1. The quantitative estimate of drug-likeness (QED) is 0.295. The van der Waals surface area contributed by atoms with Crippen LogP contribution in [0.25, 0.3) is 0 Å². The lowest BCUT2D eigenvalue weighted by Gasteiger charge is -2.52. The highest BCUT2D eigenvalue weighted by Gasteiger charge is 2.56. The van der Waals surface area contributed by atoms with E-state index in [0.717, 1.165) is 44.1 Å². The Morgan fingerprint density at radius 2 is 1.89 bits per heavy atom. The molecule has 0 heterocycles. The number of rotatable bonds is 3. The second-order valence-electron chi connectivity index (χ2n) is 10.7. The summed E-state index contributed by atoms with van der Waals surface area (Å²) in [6.07, 6.45) is 11.0. The van der Waals surface area contributed by atoms with E-state index in [1.165, 1.54) is 28.9 Å². The molecular weight excluding hydrogens is 460 g/mol. The lowest BCUT2D eigenvalue weighted by atomic mass is 9.53. The van der Waals surface area contributed by atoms with Crippen LogP contribution in [0.15, 0.2) is 59.2 Å². The molecule has 1 aromatic rings. The number of ether oxygens (including phenoxy) is 1. The topological polar surface area (TPSA) is 63.6 Å². The molecule has 4 heteroatoms. The van der Waals surface area contributed by atoms with Gasteiger partial charge in [0.15, 0.2) is 5.78 Å². The molecule has 2 fully saturated rings. The van der Waals surface area contributed by atoms with Crippen molar-refractivity contribution in [2.75, 3.05) is 6.61 Å². The Hall–Kier alpha value is -2.90. The summed E-state index contributed by atoms with van der Waals surface area (Å²) >= 11 is 0. The fraction of sp³-hybridized carbons (Fsp3) is 0.515. The van der Waals surface area contributed by atoms with Crippen LogP contribution in [0.3, 0.4) is 0 Å². The van der Waals surface area contributed by atoms with Gasteiger partial charge in [0.05, 0.1) is 12.7 Å². The molecule has 4 aliphatic carbocycles. The van der Waals surface area contributed by atoms with Gasteiger partial charge in [0, 0.05) is 24.0 Å². The van der Waals surface area contributed by atoms with E-state index in [-0.39, 0.29) is 29.2 Å². The molecule has 0 radical (unpaired) electrons. The predicted molar refractivity (Wildman–Crippen MR) is 147 cm³/mol. The molecule has 37 heavy (non-hydrogen) atoms. The maximum Gasteiger partial charge on any atom is 0.331 e. The highest BCUT2D eigenvalue weighted by molar-refractivity contribution is 5.93. The third-order valence-electron chi connectivity index (χ3n) is 8.80. The zero-order chi connectivity index (χ0) is 26.6. The number of carbonyl (C=O) groups is 2. The molecule has 5 atom stereocenters. The Bertz CT molecular complexity index is 1170. The van der Waals surface area contributed by atoms with Crippen molar-refractivity contribution >= 4 is 11.8 Å². The molecule has 0 saturated heterocycles. The number of benzene rings is 1. The first-order chi connectivity index (χ1) is 17.9. The Kier molecular flexibility index (Phi) is 8.55. The van der Waals surface area contributed by atoms with Gasteiger partial charge in [-0.15, -0.1) is 0 Å². The van der Waals surface area contributed by atoms with Crippen LogP contribution in [0, 0.1) is 29.1 Å². The first-order valence-electron chi connectivity index (χ1n) is 14.0. The molecule has 1 N–H and O–H groups in total. The van der Waals surface area contributed by atoms with Crippen molar-refractivity contribution in [3.05, 3.63) is 70.3 Å². The van der Waals surface area contributed by atoms with E-state index in [1.807, 2.05) is 32.1 Å². The normalized spacial score (nSPS) is 30.2. The summed E-state index contributed by atoms with van der Waals surface area (Å²) in [6.45, 7) is 8.42. The molecule has 4 aliphatic rings. The lowest BCUT2D eigenvalue weighted by Crippen LogP contribution is -2.45. The summed E-state index contributed by atoms with van der Waals surface area (Å²) in [4.78, 5) is 23.6. The molecule has 2 saturated carbocycles. The highest BCUT2D eigenvalue weighted by atomic mass is 16.5. The third-order valence-corrected chi connectivity index (χ3v) is 8.80. The molecular formula is C33H40O4. The third kappa shape index (κ3) is 5.39. The number of fused-ring (bicyclic) bond motifs is 4. The summed E-state index contributed by atoms with van der Waals surface area (Å²) in [5.74, 6) is 7.13. The van der Waals surface area contributed by atoms with Gasteiger partial charge < -0.3 is 9.84 Å². The van der Waals surface area contributed by atoms with Crippen molar-refractivity contribution in [3.8, 4) is 11.8 Å². The SMILES string of the molecule is CC.CCOC(=O)/C=C/C#Cc1ccc(C2CC3(C)C(O)CCC3C3CCC4=CC(=O)CCC4=C23)cc1. The average Bonchev–Trinajstić information content (AvgIpc) is 3.21. The molecule has 196 valence electrons.